The van der Waals surface area contributed by atoms with Crippen LogP contribution >= 0.6 is 0 Å². The van der Waals surface area contributed by atoms with E-state index in [9.17, 15) is 27.5 Å². The van der Waals surface area contributed by atoms with Crippen LogP contribution < -0.4 is 0 Å². The van der Waals surface area contributed by atoms with E-state index in [1.807, 2.05) is 0 Å². The molecule has 13 heteroatoms. The Morgan fingerprint density at radius 1 is 1.06 bits per heavy atom. The van der Waals surface area contributed by atoms with Crippen LogP contribution in [0.1, 0.15) is 51.2 Å². The zero-order valence-corrected chi connectivity index (χ0v) is 26.2. The predicted molar refractivity (Wildman–Crippen MR) is 165 cm³/mol. The number of carbonyl (C=O) groups excluding carboxylic acids is 1. The molecule has 1 amide bonds. The fourth-order valence-corrected chi connectivity index (χ4v) is 5.94. The van der Waals surface area contributed by atoms with E-state index < -0.39 is 47.0 Å². The van der Waals surface area contributed by atoms with Gasteiger partial charge in [-0.1, -0.05) is 18.2 Å². The van der Waals surface area contributed by atoms with Crippen molar-refractivity contribution in [1.29, 1.82) is 0 Å². The molecule has 0 unspecified atom stereocenters. The normalized spacial score (nSPS) is 17.0. The van der Waals surface area contributed by atoms with Crippen molar-refractivity contribution in [2.24, 2.45) is 7.05 Å². The number of rotatable bonds is 6. The van der Waals surface area contributed by atoms with Gasteiger partial charge in [0, 0.05) is 24.7 Å². The molecule has 2 aromatic heterocycles. The van der Waals surface area contributed by atoms with Crippen molar-refractivity contribution in [3.8, 4) is 34.0 Å². The van der Waals surface area contributed by atoms with Crippen LogP contribution in [0.25, 0.3) is 45.1 Å². The number of benzene rings is 3. The molecule has 1 fully saturated rings. The number of fused-ring (bicyclic) bond motifs is 1. The Kier molecular flexibility index (Phi) is 8.29. The Bertz CT molecular complexity index is 1950. The summed E-state index contributed by atoms with van der Waals surface area (Å²) in [7, 11) is 1.73. The second kappa shape index (κ2) is 12.1. The lowest BCUT2D eigenvalue weighted by Crippen LogP contribution is -2.46. The van der Waals surface area contributed by atoms with E-state index >= 15 is 0 Å². The van der Waals surface area contributed by atoms with E-state index in [1.54, 1.807) is 62.7 Å². The minimum absolute atomic E-state index is 0.0482. The molecule has 0 spiro atoms. The van der Waals surface area contributed by atoms with Crippen molar-refractivity contribution in [2.75, 3.05) is 0 Å². The third-order valence-electron chi connectivity index (χ3n) is 8.03. The molecule has 0 saturated heterocycles. The molecule has 0 aliphatic heterocycles. The van der Waals surface area contributed by atoms with Gasteiger partial charge in [0.25, 0.3) is 0 Å². The van der Waals surface area contributed by atoms with E-state index in [4.69, 9.17) is 9.15 Å². The topological polar surface area (TPSA) is 107 Å². The van der Waals surface area contributed by atoms with Gasteiger partial charge in [-0.25, -0.2) is 14.2 Å². The number of carbonyl (C=O) groups is 1. The van der Waals surface area contributed by atoms with Gasteiger partial charge in [0.15, 0.2) is 11.4 Å². The molecule has 2 atom stereocenters. The Hall–Kier alpha value is -4.78. The van der Waals surface area contributed by atoms with Crippen molar-refractivity contribution in [2.45, 2.75) is 70.5 Å². The van der Waals surface area contributed by atoms with Gasteiger partial charge in [0.1, 0.15) is 28.8 Å². The van der Waals surface area contributed by atoms with Crippen molar-refractivity contribution in [1.82, 2.24) is 24.6 Å². The van der Waals surface area contributed by atoms with Crippen molar-refractivity contribution >= 4 is 17.2 Å². The van der Waals surface area contributed by atoms with E-state index in [2.05, 4.69) is 15.2 Å². The number of amides is 1. The molecule has 9 nitrogen and oxygen atoms in total. The number of halogens is 4. The van der Waals surface area contributed by atoms with Gasteiger partial charge in [0.2, 0.25) is 5.89 Å². The van der Waals surface area contributed by atoms with Gasteiger partial charge in [-0.05, 0) is 93.1 Å². The monoisotopic (exact) mass is 651 g/mol. The smallest absolute Gasteiger partial charge is 0.420 e. The fourth-order valence-electron chi connectivity index (χ4n) is 5.94. The summed E-state index contributed by atoms with van der Waals surface area (Å²) in [5.41, 5.74) is -0.115. The first kappa shape index (κ1) is 32.2. The van der Waals surface area contributed by atoms with Crippen LogP contribution in [0, 0.1) is 5.82 Å². The summed E-state index contributed by atoms with van der Waals surface area (Å²) >= 11 is 0. The summed E-state index contributed by atoms with van der Waals surface area (Å²) in [6.07, 6.45) is -3.22. The first-order chi connectivity index (χ1) is 22.2. The standard InChI is InChI=1S/C34H33F4N5O4/c1-33(2,3)47-32(45)43(27-9-6-10-28(27)44)17-19-13-25(34(36,37)38)29-26(14-19)40-31(46-29)21-8-5-7-20(15-21)23-12-11-22(35)16-24(23)30-41-39-18-42(30)4/h5,7-8,11-16,18,27-28,44H,6,9-10,17H2,1-4H3/t27-,28-/m1/s1. The molecule has 1 aliphatic rings. The first-order valence-corrected chi connectivity index (χ1v) is 15.1. The molecular weight excluding hydrogens is 618 g/mol. The number of aliphatic hydroxyl groups is 1. The summed E-state index contributed by atoms with van der Waals surface area (Å²) in [6, 6.07) is 12.9. The molecule has 2 heterocycles. The minimum Gasteiger partial charge on any atom is -0.444 e. The van der Waals surface area contributed by atoms with Gasteiger partial charge in [-0.2, -0.15) is 13.2 Å². The summed E-state index contributed by atoms with van der Waals surface area (Å²) in [4.78, 5) is 19.0. The lowest BCUT2D eigenvalue weighted by Gasteiger charge is -2.33. The summed E-state index contributed by atoms with van der Waals surface area (Å²) in [6.45, 7) is 4.85. The zero-order valence-electron chi connectivity index (χ0n) is 26.2. The SMILES string of the molecule is Cn1cnnc1-c1cc(F)ccc1-c1cccc(-c2nc3cc(CN(C(=O)OC(C)(C)C)[C@@H]4CCC[C@H]4O)cc(C(F)(F)F)c3o2)c1. The molecular formula is C34H33F4N5O4. The van der Waals surface area contributed by atoms with E-state index in [-0.39, 0.29) is 23.5 Å². The van der Waals surface area contributed by atoms with Crippen LogP contribution in [0.15, 0.2) is 65.3 Å². The van der Waals surface area contributed by atoms with Gasteiger partial charge in [-0.3, -0.25) is 4.90 Å². The Morgan fingerprint density at radius 3 is 2.49 bits per heavy atom. The number of nitrogens with zero attached hydrogens (tertiary/aromatic N) is 5. The van der Waals surface area contributed by atoms with Gasteiger partial charge in [-0.15, -0.1) is 10.2 Å². The van der Waals surface area contributed by atoms with Crippen LogP contribution in [-0.4, -0.2) is 53.6 Å². The largest absolute Gasteiger partial charge is 0.444 e. The maximum absolute atomic E-state index is 14.4. The second-order valence-electron chi connectivity index (χ2n) is 12.7. The highest BCUT2D eigenvalue weighted by Gasteiger charge is 2.38. The first-order valence-electron chi connectivity index (χ1n) is 15.1. The number of alkyl halides is 3. The van der Waals surface area contributed by atoms with E-state index in [0.29, 0.717) is 47.3 Å². The average Bonchev–Trinajstić information content (AvgIpc) is 3.73. The molecule has 6 rings (SSSR count). The Morgan fingerprint density at radius 2 is 1.83 bits per heavy atom. The number of aliphatic hydroxyl groups excluding tert-OH is 1. The summed E-state index contributed by atoms with van der Waals surface area (Å²) in [5.74, 6) is -0.0910. The van der Waals surface area contributed by atoms with E-state index in [0.717, 1.165) is 6.07 Å². The lowest BCUT2D eigenvalue weighted by atomic mass is 9.97. The van der Waals surface area contributed by atoms with Gasteiger partial charge >= 0.3 is 12.3 Å². The number of aromatic nitrogens is 4. The third kappa shape index (κ3) is 6.71. The molecule has 1 N–H and O–H groups in total. The van der Waals surface area contributed by atoms with Gasteiger partial charge < -0.3 is 18.8 Å². The predicted octanol–water partition coefficient (Wildman–Crippen LogP) is 7.77. The summed E-state index contributed by atoms with van der Waals surface area (Å²) in [5, 5.41) is 18.6. The highest BCUT2D eigenvalue weighted by Crippen LogP contribution is 2.40. The Balaban J connectivity index is 1.41. The molecule has 1 aliphatic carbocycles. The molecule has 5 aromatic rings. The minimum atomic E-state index is -4.80. The van der Waals surface area contributed by atoms with Crippen LogP contribution in [0.4, 0.5) is 22.4 Å². The number of aryl methyl sites for hydroxylation is 1. The van der Waals surface area contributed by atoms with Crippen LogP contribution in [-0.2, 0) is 24.5 Å². The van der Waals surface area contributed by atoms with Crippen molar-refractivity contribution in [3.05, 3.63) is 77.9 Å². The quantitative estimate of drug-likeness (QED) is 0.187. The van der Waals surface area contributed by atoms with Crippen LogP contribution in [0.2, 0.25) is 0 Å². The highest BCUT2D eigenvalue weighted by atomic mass is 19.4. The van der Waals surface area contributed by atoms with Crippen LogP contribution in [0.3, 0.4) is 0 Å². The number of hydrogen-bond acceptors (Lipinski definition) is 7. The molecule has 1 saturated carbocycles. The molecule has 0 bridgehead atoms. The van der Waals surface area contributed by atoms with Crippen molar-refractivity contribution in [3.63, 3.8) is 0 Å². The lowest BCUT2D eigenvalue weighted by molar-refractivity contribution is -0.136. The van der Waals surface area contributed by atoms with Crippen LogP contribution in [0.5, 0.6) is 0 Å². The molecule has 246 valence electrons. The summed E-state index contributed by atoms with van der Waals surface area (Å²) < 4.78 is 70.6. The second-order valence-corrected chi connectivity index (χ2v) is 12.7. The number of ether oxygens (including phenoxy) is 1. The number of oxazole rings is 1. The molecule has 3 aromatic carbocycles. The van der Waals surface area contributed by atoms with Gasteiger partial charge in [0.05, 0.1) is 12.1 Å². The maximum Gasteiger partial charge on any atom is 0.420 e. The fraction of sp³-hybridized carbons (Fsp3) is 0.353. The Labute approximate surface area is 267 Å². The molecule has 0 radical (unpaired) electrons. The maximum atomic E-state index is 14.4. The average molecular weight is 652 g/mol. The third-order valence-corrected chi connectivity index (χ3v) is 8.03. The van der Waals surface area contributed by atoms with Crippen molar-refractivity contribution < 1.29 is 36.6 Å². The molecule has 47 heavy (non-hydrogen) atoms. The highest BCUT2D eigenvalue weighted by molar-refractivity contribution is 5.84. The van der Waals surface area contributed by atoms with E-state index in [1.165, 1.54) is 29.4 Å². The number of hydrogen-bond donors (Lipinski definition) is 1. The zero-order chi connectivity index (χ0) is 33.7.